The molecule has 0 aliphatic carbocycles. The first-order chi connectivity index (χ1) is 36.5. The second-order valence-corrected chi connectivity index (χ2v) is 20.5. The average molecular weight is 1070 g/mol. The molecule has 3 amide bonds. The van der Waals surface area contributed by atoms with Crippen LogP contribution in [0.5, 0.6) is 0 Å². The summed E-state index contributed by atoms with van der Waals surface area (Å²) in [5, 5.41) is 20.1. The molecule has 3 aliphatic rings. The molecule has 6 heterocycles. The Bertz CT molecular complexity index is 3670. The Kier molecular flexibility index (Phi) is 15.4. The quantitative estimate of drug-likeness (QED) is 0.161. The van der Waals surface area contributed by atoms with Crippen molar-refractivity contribution in [2.24, 2.45) is 21.1 Å². The van der Waals surface area contributed by atoms with E-state index in [0.29, 0.717) is 25.1 Å². The zero-order chi connectivity index (χ0) is 54.1. The van der Waals surface area contributed by atoms with Gasteiger partial charge in [-0.1, -0.05) is 64.5 Å². The molecule has 13 heteroatoms. The van der Waals surface area contributed by atoms with Crippen LogP contribution in [0.1, 0.15) is 100 Å². The largest absolute Gasteiger partial charge is 0.483 e. The molecule has 11 nitrogen and oxygen atoms in total. The summed E-state index contributed by atoms with van der Waals surface area (Å²) in [6.07, 6.45) is 11.9. The van der Waals surface area contributed by atoms with Gasteiger partial charge in [-0.05, 0) is 183 Å². The van der Waals surface area contributed by atoms with Gasteiger partial charge in [-0.2, -0.15) is 0 Å². The molecule has 12 rings (SSSR count). The van der Waals surface area contributed by atoms with Crippen molar-refractivity contribution < 1.29 is 24.4 Å². The zero-order valence-corrected chi connectivity index (χ0v) is 46.1. The Labute approximate surface area is 453 Å². The van der Waals surface area contributed by atoms with Crippen LogP contribution >= 0.6 is 15.9 Å². The number of carbonyl (C=O) groups is 3. The molecule has 0 unspecified atom stereocenters. The number of hydrogen-bond acceptors (Lipinski definition) is 5. The number of hydrogen-bond donors (Lipinski definition) is 2. The smallest absolute Gasteiger partial charge is 0.423 e. The second kappa shape index (κ2) is 22.1. The number of carbonyl (C=O) groups excluding carboxylic acids is 3. The third-order valence-corrected chi connectivity index (χ3v) is 15.4. The van der Waals surface area contributed by atoms with Crippen LogP contribution in [-0.4, -0.2) is 48.6 Å². The van der Waals surface area contributed by atoms with E-state index < -0.39 is 7.12 Å². The topological polar surface area (TPSA) is 116 Å². The van der Waals surface area contributed by atoms with E-state index in [9.17, 15) is 14.4 Å². The fourth-order valence-electron chi connectivity index (χ4n) is 9.78. The van der Waals surface area contributed by atoms with Gasteiger partial charge in [-0.3, -0.25) is 14.4 Å². The van der Waals surface area contributed by atoms with Crippen LogP contribution in [-0.2, 0) is 40.8 Å². The van der Waals surface area contributed by atoms with E-state index in [0.717, 1.165) is 82.2 Å². The van der Waals surface area contributed by atoms with Gasteiger partial charge in [0.15, 0.2) is 0 Å². The lowest BCUT2D eigenvalue weighted by atomic mass is 9.81. The molecule has 0 saturated carbocycles. The van der Waals surface area contributed by atoms with Crippen LogP contribution in [0.25, 0.3) is 43.9 Å². The molecule has 0 bridgehead atoms. The molecule has 0 saturated heterocycles. The summed E-state index contributed by atoms with van der Waals surface area (Å²) in [7, 11) is 4.81. The van der Waals surface area contributed by atoms with Gasteiger partial charge in [0.25, 0.3) is 17.7 Å². The molecule has 76 heavy (non-hydrogen) atoms. The van der Waals surface area contributed by atoms with E-state index in [1.807, 2.05) is 117 Å². The summed E-state index contributed by atoms with van der Waals surface area (Å²) < 4.78 is 7.20. The van der Waals surface area contributed by atoms with Gasteiger partial charge < -0.3 is 38.4 Å². The number of amides is 3. The highest BCUT2D eigenvalue weighted by atomic mass is 79.9. The number of benzene rings is 6. The van der Waals surface area contributed by atoms with Crippen LogP contribution < -0.4 is 14.7 Å². The van der Waals surface area contributed by atoms with E-state index in [4.69, 9.17) is 10.0 Å². The summed E-state index contributed by atoms with van der Waals surface area (Å²) >= 11 is 3.43. The van der Waals surface area contributed by atoms with Crippen LogP contribution in [0.2, 0.25) is 0 Å². The predicted molar refractivity (Wildman–Crippen MR) is 316 cm³/mol. The number of nitrogens with zero attached hydrogens (tertiary/aromatic N) is 6. The van der Waals surface area contributed by atoms with Gasteiger partial charge in [0.1, 0.15) is 0 Å². The molecule has 9 aromatic rings. The fraction of sp³-hybridized carbons (Fsp3) is 0.190. The number of fused-ring (bicyclic) bond motifs is 6. The maximum atomic E-state index is 12.9. The molecule has 384 valence electrons. The second-order valence-electron chi connectivity index (χ2n) is 19.6. The Balaban J connectivity index is 0.000000131. The van der Waals surface area contributed by atoms with E-state index in [1.54, 1.807) is 19.9 Å². The van der Waals surface area contributed by atoms with E-state index in [-0.39, 0.29) is 17.7 Å². The van der Waals surface area contributed by atoms with Gasteiger partial charge in [0.05, 0.1) is 19.6 Å². The minimum absolute atomic E-state index is 0.0709. The summed E-state index contributed by atoms with van der Waals surface area (Å²) in [5.74, 6) is 0.249. The van der Waals surface area contributed by atoms with Crippen molar-refractivity contribution in [3.8, 4) is 0 Å². The molecule has 0 radical (unpaired) electrons. The van der Waals surface area contributed by atoms with Crippen LogP contribution in [0.4, 0.5) is 17.1 Å². The lowest BCUT2D eigenvalue weighted by molar-refractivity contribution is 0.0989. The van der Waals surface area contributed by atoms with Crippen molar-refractivity contribution in [3.63, 3.8) is 0 Å². The molecule has 0 spiro atoms. The first-order valence-corrected chi connectivity index (χ1v) is 26.2. The first-order valence-electron chi connectivity index (χ1n) is 25.4. The summed E-state index contributed by atoms with van der Waals surface area (Å²) in [6, 6.07) is 43.1. The van der Waals surface area contributed by atoms with Crippen molar-refractivity contribution in [1.82, 2.24) is 13.7 Å². The number of aryl methyl sites for hydroxylation is 3. The van der Waals surface area contributed by atoms with Gasteiger partial charge in [0, 0.05) is 111 Å². The molecular formula is C63H62BBrN6O5. The summed E-state index contributed by atoms with van der Waals surface area (Å²) in [4.78, 5) is 44.0. The van der Waals surface area contributed by atoms with Gasteiger partial charge in [0.2, 0.25) is 0 Å². The number of anilines is 3. The Hall–Kier alpha value is -7.97. The molecule has 2 N–H and O–H groups in total. The van der Waals surface area contributed by atoms with Crippen LogP contribution in [0.15, 0.2) is 174 Å². The summed E-state index contributed by atoms with van der Waals surface area (Å²) in [5.41, 5.74) is 17.3. The van der Waals surface area contributed by atoms with E-state index in [1.165, 1.54) is 27.7 Å². The molecule has 0 atom stereocenters. The highest BCUT2D eigenvalue weighted by Crippen LogP contribution is 2.35. The Morgan fingerprint density at radius 2 is 0.803 bits per heavy atom. The SMILES string of the molecule is C/C=C(/C)B(O)O.C/C=C(/C)c1ccc2c(c1)C(=O)N(c1ccc3c(ccn3C)c1)C2.C/C=C(/C)c1ccc2c(c1)C(=O)N(c1ccc3c(ccn3C)c1)C2.Cn1ccc2cc(N3Cc4ccc(Br)cc4C3=O)ccc21. The van der Waals surface area contributed by atoms with Crippen molar-refractivity contribution in [2.45, 2.75) is 61.2 Å². The van der Waals surface area contributed by atoms with Gasteiger partial charge in [-0.15, -0.1) is 0 Å². The zero-order valence-electron chi connectivity index (χ0n) is 44.5. The lowest BCUT2D eigenvalue weighted by Crippen LogP contribution is -2.22. The first kappa shape index (κ1) is 52.9. The van der Waals surface area contributed by atoms with Crippen LogP contribution in [0.3, 0.4) is 0 Å². The minimum atomic E-state index is -1.27. The molecule has 3 aromatic heterocycles. The predicted octanol–water partition coefficient (Wildman–Crippen LogP) is 13.6. The fourth-order valence-corrected chi connectivity index (χ4v) is 10.1. The maximum Gasteiger partial charge on any atom is 0.483 e. The normalized spacial score (nSPS) is 14.1. The van der Waals surface area contributed by atoms with Crippen molar-refractivity contribution in [1.29, 1.82) is 0 Å². The number of halogens is 1. The molecule has 0 fully saturated rings. The Morgan fingerprint density at radius 1 is 0.461 bits per heavy atom. The van der Waals surface area contributed by atoms with E-state index in [2.05, 4.69) is 134 Å². The number of aromatic nitrogens is 3. The number of rotatable bonds is 6. The minimum Gasteiger partial charge on any atom is -0.423 e. The third-order valence-electron chi connectivity index (χ3n) is 14.9. The van der Waals surface area contributed by atoms with Gasteiger partial charge >= 0.3 is 7.12 Å². The maximum absolute atomic E-state index is 12.9. The highest BCUT2D eigenvalue weighted by Gasteiger charge is 2.31. The number of allylic oxidation sites excluding steroid dienone is 6. The lowest BCUT2D eigenvalue weighted by Gasteiger charge is -2.16. The van der Waals surface area contributed by atoms with E-state index >= 15 is 0 Å². The Morgan fingerprint density at radius 3 is 1.12 bits per heavy atom. The highest BCUT2D eigenvalue weighted by molar-refractivity contribution is 9.10. The van der Waals surface area contributed by atoms with Crippen molar-refractivity contribution in [2.75, 3.05) is 14.7 Å². The molecule has 6 aromatic carbocycles. The van der Waals surface area contributed by atoms with Crippen molar-refractivity contribution >= 4 is 102 Å². The standard InChI is InChI=1S/2C21H20N2O.C17H13BrN2O.C4H9BO2/c2*1-4-14(2)15-5-6-17-13-23(21(24)19(17)12-15)18-7-8-20-16(11-18)9-10-22(20)3;1-19-7-6-11-8-14(4-5-16(11)19)20-10-12-2-3-13(18)9-15(12)17(20)21;1-3-4(2)5(6)7/h2*4-12H,13H2,1-3H3;2-9H,10H2,1H3;3,6-7H,1-2H3/b2*14-4-;;4-3-. The molecular weight excluding hydrogens is 1010 g/mol. The molecule has 3 aliphatic heterocycles. The monoisotopic (exact) mass is 1070 g/mol. The summed E-state index contributed by atoms with van der Waals surface area (Å²) in [6.45, 7) is 13.5. The van der Waals surface area contributed by atoms with Gasteiger partial charge in [-0.25, -0.2) is 0 Å². The van der Waals surface area contributed by atoms with Crippen LogP contribution in [0, 0.1) is 0 Å². The third kappa shape index (κ3) is 10.5. The average Bonchev–Trinajstić information content (AvgIpc) is 4.31. The van der Waals surface area contributed by atoms with Crippen molar-refractivity contribution in [3.05, 3.63) is 219 Å².